The molecular formula is C29H39NO. The number of piperidine rings is 1. The summed E-state index contributed by atoms with van der Waals surface area (Å²) < 4.78 is 0. The van der Waals surface area contributed by atoms with Gasteiger partial charge in [-0.1, -0.05) is 87.9 Å². The molecule has 2 aliphatic rings. The van der Waals surface area contributed by atoms with E-state index in [1.807, 2.05) is 37.3 Å². The number of carbonyl (C=O) groups is 1. The Morgan fingerprint density at radius 2 is 1.74 bits per heavy atom. The maximum absolute atomic E-state index is 13.1. The number of carbonyl (C=O) groups excluding carboxylic acids is 1. The maximum Gasteiger partial charge on any atom is 0.193 e. The first-order chi connectivity index (χ1) is 15.1. The fourth-order valence-corrected chi connectivity index (χ4v) is 5.80. The van der Waals surface area contributed by atoms with Crippen LogP contribution >= 0.6 is 0 Å². The molecule has 2 nitrogen and oxygen atoms in total. The van der Waals surface area contributed by atoms with Gasteiger partial charge in [0.1, 0.15) is 0 Å². The molecule has 0 amide bonds. The highest BCUT2D eigenvalue weighted by atomic mass is 16.1. The van der Waals surface area contributed by atoms with Gasteiger partial charge in [0.15, 0.2) is 5.78 Å². The molecule has 1 saturated carbocycles. The van der Waals surface area contributed by atoms with Crippen molar-refractivity contribution in [2.75, 3.05) is 13.1 Å². The van der Waals surface area contributed by atoms with E-state index < -0.39 is 0 Å². The molecule has 2 heteroatoms. The Bertz CT molecular complexity index is 867. The van der Waals surface area contributed by atoms with E-state index in [1.54, 1.807) is 0 Å². The molecule has 0 aromatic heterocycles. The van der Waals surface area contributed by atoms with Gasteiger partial charge in [-0.15, -0.1) is 0 Å². The molecule has 2 atom stereocenters. The van der Waals surface area contributed by atoms with Gasteiger partial charge in [0, 0.05) is 23.7 Å². The molecule has 1 heterocycles. The summed E-state index contributed by atoms with van der Waals surface area (Å²) in [7, 11) is 0. The number of ketones is 1. The second kappa shape index (κ2) is 10.6. The van der Waals surface area contributed by atoms with Crippen LogP contribution in [0.4, 0.5) is 0 Å². The predicted octanol–water partition coefficient (Wildman–Crippen LogP) is 7.15. The van der Waals surface area contributed by atoms with E-state index in [9.17, 15) is 4.79 Å². The minimum Gasteiger partial charge on any atom is -0.300 e. The Morgan fingerprint density at radius 3 is 2.55 bits per heavy atom. The third-order valence-corrected chi connectivity index (χ3v) is 7.70. The van der Waals surface area contributed by atoms with Gasteiger partial charge >= 0.3 is 0 Å². The molecule has 2 aromatic carbocycles. The summed E-state index contributed by atoms with van der Waals surface area (Å²) >= 11 is 0. The smallest absolute Gasteiger partial charge is 0.193 e. The standard InChI is InChI=1S/C29H39NO/c1-22-11-6-7-17-28(22)29(31)26-15-10-14-25(20-26)23(2)21-30-18-9-8-16-27(30)19-24-12-4-3-5-13-24/h6-7,10-11,14-15,17,20,23-24,27H,3-5,8-9,12-13,16,18-19,21H2,1-2H3. The summed E-state index contributed by atoms with van der Waals surface area (Å²) in [5.41, 5.74) is 3.97. The SMILES string of the molecule is Cc1ccccc1C(=O)c1cccc(C(C)CN2CCCCC2CC2CCCCC2)c1. The van der Waals surface area contributed by atoms with Crippen LogP contribution in [0.2, 0.25) is 0 Å². The van der Waals surface area contributed by atoms with Crippen LogP contribution in [-0.4, -0.2) is 29.8 Å². The molecule has 4 rings (SSSR count). The van der Waals surface area contributed by atoms with Crippen molar-refractivity contribution in [2.24, 2.45) is 5.92 Å². The predicted molar refractivity (Wildman–Crippen MR) is 130 cm³/mol. The van der Waals surface area contributed by atoms with E-state index in [0.717, 1.165) is 35.2 Å². The number of hydrogen-bond acceptors (Lipinski definition) is 2. The van der Waals surface area contributed by atoms with Crippen molar-refractivity contribution in [1.82, 2.24) is 4.90 Å². The Kier molecular flexibility index (Phi) is 7.61. The lowest BCUT2D eigenvalue weighted by molar-refractivity contribution is 0.103. The molecule has 2 unspecified atom stereocenters. The van der Waals surface area contributed by atoms with Crippen molar-refractivity contribution in [3.05, 3.63) is 70.8 Å². The van der Waals surface area contributed by atoms with Crippen LogP contribution < -0.4 is 0 Å². The zero-order chi connectivity index (χ0) is 21.6. The largest absolute Gasteiger partial charge is 0.300 e. The van der Waals surface area contributed by atoms with Crippen LogP contribution in [0.3, 0.4) is 0 Å². The summed E-state index contributed by atoms with van der Waals surface area (Å²) in [6, 6.07) is 17.0. The third kappa shape index (κ3) is 5.66. The van der Waals surface area contributed by atoms with Crippen LogP contribution in [0, 0.1) is 12.8 Å². The van der Waals surface area contributed by atoms with Crippen molar-refractivity contribution in [2.45, 2.75) is 83.6 Å². The minimum atomic E-state index is 0.139. The second-order valence-corrected chi connectivity index (χ2v) is 10.1. The molecule has 2 fully saturated rings. The number of likely N-dealkylation sites (tertiary alicyclic amines) is 1. The topological polar surface area (TPSA) is 20.3 Å². The Balaban J connectivity index is 1.43. The Morgan fingerprint density at radius 1 is 0.968 bits per heavy atom. The molecular weight excluding hydrogens is 378 g/mol. The van der Waals surface area contributed by atoms with Gasteiger partial charge < -0.3 is 0 Å². The number of aryl methyl sites for hydroxylation is 1. The van der Waals surface area contributed by atoms with Gasteiger partial charge in [-0.05, 0) is 61.8 Å². The average Bonchev–Trinajstić information content (AvgIpc) is 2.81. The van der Waals surface area contributed by atoms with E-state index >= 15 is 0 Å². The first-order valence-electron chi connectivity index (χ1n) is 12.6. The Labute approximate surface area is 189 Å². The number of benzene rings is 2. The van der Waals surface area contributed by atoms with Crippen LogP contribution in [0.5, 0.6) is 0 Å². The van der Waals surface area contributed by atoms with E-state index in [0.29, 0.717) is 5.92 Å². The summed E-state index contributed by atoms with van der Waals surface area (Å²) in [5, 5.41) is 0. The highest BCUT2D eigenvalue weighted by Gasteiger charge is 2.27. The number of rotatable bonds is 7. The summed E-state index contributed by atoms with van der Waals surface area (Å²) in [4.78, 5) is 15.9. The first kappa shape index (κ1) is 22.3. The lowest BCUT2D eigenvalue weighted by atomic mass is 9.82. The molecule has 2 aromatic rings. The molecule has 0 spiro atoms. The average molecular weight is 418 g/mol. The number of hydrogen-bond donors (Lipinski definition) is 0. The molecule has 1 aliphatic heterocycles. The van der Waals surface area contributed by atoms with Gasteiger partial charge in [-0.2, -0.15) is 0 Å². The van der Waals surface area contributed by atoms with Crippen molar-refractivity contribution in [1.29, 1.82) is 0 Å². The maximum atomic E-state index is 13.1. The molecule has 1 aliphatic carbocycles. The van der Waals surface area contributed by atoms with Gasteiger partial charge in [0.05, 0.1) is 0 Å². The van der Waals surface area contributed by atoms with E-state index in [-0.39, 0.29) is 5.78 Å². The highest BCUT2D eigenvalue weighted by Crippen LogP contribution is 2.33. The summed E-state index contributed by atoms with van der Waals surface area (Å²) in [6.07, 6.45) is 12.7. The molecule has 0 radical (unpaired) electrons. The first-order valence-corrected chi connectivity index (χ1v) is 12.6. The zero-order valence-corrected chi connectivity index (χ0v) is 19.5. The van der Waals surface area contributed by atoms with E-state index in [4.69, 9.17) is 0 Å². The highest BCUT2D eigenvalue weighted by molar-refractivity contribution is 6.09. The molecule has 0 N–H and O–H groups in total. The van der Waals surface area contributed by atoms with Crippen molar-refractivity contribution in [3.8, 4) is 0 Å². The minimum absolute atomic E-state index is 0.139. The quantitative estimate of drug-likeness (QED) is 0.446. The monoisotopic (exact) mass is 417 g/mol. The molecule has 0 bridgehead atoms. The van der Waals surface area contributed by atoms with Crippen molar-refractivity contribution >= 4 is 5.78 Å². The second-order valence-electron chi connectivity index (χ2n) is 10.1. The van der Waals surface area contributed by atoms with Gasteiger partial charge in [0.25, 0.3) is 0 Å². The van der Waals surface area contributed by atoms with E-state index in [1.165, 1.54) is 69.9 Å². The van der Waals surface area contributed by atoms with Crippen molar-refractivity contribution in [3.63, 3.8) is 0 Å². The molecule has 31 heavy (non-hydrogen) atoms. The fourth-order valence-electron chi connectivity index (χ4n) is 5.80. The number of nitrogens with zero attached hydrogens (tertiary/aromatic N) is 1. The summed E-state index contributed by atoms with van der Waals surface area (Å²) in [6.45, 7) is 6.70. The zero-order valence-electron chi connectivity index (χ0n) is 19.5. The van der Waals surface area contributed by atoms with Crippen LogP contribution in [0.15, 0.2) is 48.5 Å². The lowest BCUT2D eigenvalue weighted by Gasteiger charge is -2.39. The molecule has 166 valence electrons. The van der Waals surface area contributed by atoms with Crippen molar-refractivity contribution < 1.29 is 4.79 Å². The van der Waals surface area contributed by atoms with Gasteiger partial charge in [-0.25, -0.2) is 0 Å². The van der Waals surface area contributed by atoms with Crippen LogP contribution in [0.1, 0.15) is 97.7 Å². The van der Waals surface area contributed by atoms with Crippen LogP contribution in [0.25, 0.3) is 0 Å². The van der Waals surface area contributed by atoms with E-state index in [2.05, 4.69) is 30.0 Å². The fraction of sp³-hybridized carbons (Fsp3) is 0.552. The Hall–Kier alpha value is -1.93. The lowest BCUT2D eigenvalue weighted by Crippen LogP contribution is -2.42. The third-order valence-electron chi connectivity index (χ3n) is 7.70. The van der Waals surface area contributed by atoms with Crippen LogP contribution in [-0.2, 0) is 0 Å². The van der Waals surface area contributed by atoms with Gasteiger partial charge in [-0.3, -0.25) is 9.69 Å². The van der Waals surface area contributed by atoms with Gasteiger partial charge in [0.2, 0.25) is 0 Å². The summed E-state index contributed by atoms with van der Waals surface area (Å²) in [5.74, 6) is 1.53. The normalized spacial score (nSPS) is 21.7. The molecule has 1 saturated heterocycles.